The number of aryl methyl sites for hydroxylation is 1. The van der Waals surface area contributed by atoms with Gasteiger partial charge in [0.05, 0.1) is 18.6 Å². The van der Waals surface area contributed by atoms with E-state index in [1.54, 1.807) is 7.11 Å². The van der Waals surface area contributed by atoms with E-state index in [9.17, 15) is 4.79 Å². The topological polar surface area (TPSA) is 50.7 Å². The van der Waals surface area contributed by atoms with Gasteiger partial charge >= 0.3 is 0 Å². The average Bonchev–Trinajstić information content (AvgIpc) is 2.65. The molecule has 0 aromatic heterocycles. The summed E-state index contributed by atoms with van der Waals surface area (Å²) in [6.07, 6.45) is 2.89. The van der Waals surface area contributed by atoms with E-state index in [4.69, 9.17) is 16.3 Å². The van der Waals surface area contributed by atoms with Crippen LogP contribution in [0.2, 0.25) is 5.02 Å². The van der Waals surface area contributed by atoms with E-state index in [1.165, 1.54) is 17.3 Å². The van der Waals surface area contributed by atoms with E-state index in [-0.39, 0.29) is 5.91 Å². The zero-order chi connectivity index (χ0) is 17.6. The van der Waals surface area contributed by atoms with Crippen molar-refractivity contribution < 1.29 is 9.53 Å². The van der Waals surface area contributed by atoms with Crippen LogP contribution in [-0.4, -0.2) is 24.5 Å². The normalized spacial score (nSPS) is 14.9. The fourth-order valence-corrected chi connectivity index (χ4v) is 3.54. The highest BCUT2D eigenvalue weighted by atomic mass is 35.5. The quantitative estimate of drug-likeness (QED) is 0.627. The van der Waals surface area contributed by atoms with E-state index in [1.807, 2.05) is 42.5 Å². The summed E-state index contributed by atoms with van der Waals surface area (Å²) in [7, 11) is 1.66. The zero-order valence-corrected chi connectivity index (χ0v) is 15.5. The number of carbonyl (C=O) groups is 1. The smallest absolute Gasteiger partial charge is 0.250 e. The molecule has 2 aromatic rings. The van der Waals surface area contributed by atoms with Crippen LogP contribution in [0.5, 0.6) is 5.75 Å². The number of rotatable bonds is 5. The molecule has 1 N–H and O–H groups in total. The van der Waals surface area contributed by atoms with Crippen LogP contribution in [0, 0.1) is 0 Å². The van der Waals surface area contributed by atoms with Gasteiger partial charge in [0.25, 0.3) is 0 Å². The van der Waals surface area contributed by atoms with Crippen molar-refractivity contribution in [3.63, 3.8) is 0 Å². The number of benzene rings is 2. The zero-order valence-electron chi connectivity index (χ0n) is 13.9. The van der Waals surface area contributed by atoms with Crippen LogP contribution in [-0.2, 0) is 11.2 Å². The first-order valence-electron chi connectivity index (χ1n) is 8.07. The molecule has 0 heterocycles. The Hall–Kier alpha value is -1.98. The van der Waals surface area contributed by atoms with Gasteiger partial charge in [-0.15, -0.1) is 11.8 Å². The molecule has 2 aromatic carbocycles. The first kappa shape index (κ1) is 17.8. The van der Waals surface area contributed by atoms with Crippen molar-refractivity contribution in [3.05, 3.63) is 58.6 Å². The molecule has 1 aliphatic rings. The summed E-state index contributed by atoms with van der Waals surface area (Å²) in [6, 6.07) is 13.4. The lowest BCUT2D eigenvalue weighted by molar-refractivity contribution is -0.118. The Morgan fingerprint density at radius 1 is 1.24 bits per heavy atom. The summed E-state index contributed by atoms with van der Waals surface area (Å²) < 4.78 is 5.27. The summed E-state index contributed by atoms with van der Waals surface area (Å²) in [6.45, 7) is 0. The Labute approximate surface area is 156 Å². The maximum absolute atomic E-state index is 12.1. The van der Waals surface area contributed by atoms with E-state index < -0.39 is 0 Å². The Morgan fingerprint density at radius 2 is 2.04 bits per heavy atom. The lowest BCUT2D eigenvalue weighted by Gasteiger charge is -2.18. The number of nitrogens with one attached hydrogen (secondary N) is 1. The van der Waals surface area contributed by atoms with Crippen molar-refractivity contribution in [2.75, 3.05) is 12.9 Å². The predicted octanol–water partition coefficient (Wildman–Crippen LogP) is 4.30. The average molecular weight is 375 g/mol. The molecule has 0 saturated carbocycles. The van der Waals surface area contributed by atoms with Gasteiger partial charge in [0.1, 0.15) is 5.75 Å². The summed E-state index contributed by atoms with van der Waals surface area (Å²) in [5, 5.41) is 5.04. The number of nitrogens with zero attached hydrogens (tertiary/aromatic N) is 1. The van der Waals surface area contributed by atoms with Gasteiger partial charge in [-0.25, -0.2) is 5.43 Å². The maximum atomic E-state index is 12.1. The number of ether oxygens (including phenoxy) is 1. The van der Waals surface area contributed by atoms with Gasteiger partial charge in [0.15, 0.2) is 0 Å². The summed E-state index contributed by atoms with van der Waals surface area (Å²) >= 11 is 7.31. The van der Waals surface area contributed by atoms with Gasteiger partial charge in [0, 0.05) is 15.5 Å². The fourth-order valence-electron chi connectivity index (χ4n) is 2.72. The van der Waals surface area contributed by atoms with Crippen molar-refractivity contribution in [1.82, 2.24) is 5.43 Å². The maximum Gasteiger partial charge on any atom is 0.250 e. The minimum absolute atomic E-state index is 0.118. The third kappa shape index (κ3) is 4.77. The van der Waals surface area contributed by atoms with Crippen molar-refractivity contribution >= 4 is 35.0 Å². The number of carbonyl (C=O) groups excluding carboxylic acids is 1. The van der Waals surface area contributed by atoms with E-state index >= 15 is 0 Å². The van der Waals surface area contributed by atoms with Crippen LogP contribution in [0.3, 0.4) is 0 Å². The number of halogens is 1. The number of hydrazone groups is 1. The Morgan fingerprint density at radius 3 is 2.80 bits per heavy atom. The Balaban J connectivity index is 1.60. The highest BCUT2D eigenvalue weighted by Gasteiger charge is 2.16. The molecule has 6 heteroatoms. The van der Waals surface area contributed by atoms with Crippen LogP contribution < -0.4 is 10.2 Å². The first-order chi connectivity index (χ1) is 12.2. The van der Waals surface area contributed by atoms with E-state index in [0.717, 1.165) is 41.2 Å². The van der Waals surface area contributed by atoms with Gasteiger partial charge in [-0.05, 0) is 67.3 Å². The highest BCUT2D eigenvalue weighted by Crippen LogP contribution is 2.26. The molecule has 0 unspecified atom stereocenters. The lowest BCUT2D eigenvalue weighted by atomic mass is 9.90. The van der Waals surface area contributed by atoms with Crippen LogP contribution >= 0.6 is 23.4 Å². The SMILES string of the molecule is COc1ccc2c(c1)CCCC2=NNC(=O)CSc1ccc(Cl)cc1. The summed E-state index contributed by atoms with van der Waals surface area (Å²) in [5.74, 6) is 1.05. The highest BCUT2D eigenvalue weighted by molar-refractivity contribution is 8.00. The third-order valence-electron chi connectivity index (χ3n) is 3.98. The number of methoxy groups -OCH3 is 1. The molecule has 0 atom stereocenters. The second-order valence-corrected chi connectivity index (χ2v) is 7.20. The van der Waals surface area contributed by atoms with Crippen molar-refractivity contribution in [2.45, 2.75) is 24.2 Å². The van der Waals surface area contributed by atoms with Gasteiger partial charge in [-0.3, -0.25) is 4.79 Å². The second-order valence-electron chi connectivity index (χ2n) is 5.71. The molecule has 3 rings (SSSR count). The number of hydrogen-bond acceptors (Lipinski definition) is 4. The lowest BCUT2D eigenvalue weighted by Crippen LogP contribution is -2.23. The Bertz CT molecular complexity index is 791. The van der Waals surface area contributed by atoms with E-state index in [2.05, 4.69) is 10.5 Å². The fraction of sp³-hybridized carbons (Fsp3) is 0.263. The minimum atomic E-state index is -0.118. The predicted molar refractivity (Wildman–Crippen MR) is 103 cm³/mol. The number of hydrogen-bond donors (Lipinski definition) is 1. The largest absolute Gasteiger partial charge is 0.497 e. The first-order valence-corrected chi connectivity index (χ1v) is 9.43. The molecule has 1 amide bonds. The summed E-state index contributed by atoms with van der Waals surface area (Å²) in [5.41, 5.74) is 5.91. The Kier molecular flexibility index (Phi) is 6.00. The molecular formula is C19H19ClN2O2S. The molecule has 0 saturated heterocycles. The molecule has 0 aliphatic heterocycles. The molecule has 25 heavy (non-hydrogen) atoms. The van der Waals surface area contributed by atoms with Crippen molar-refractivity contribution in [3.8, 4) is 5.75 Å². The van der Waals surface area contributed by atoms with Gasteiger partial charge in [0.2, 0.25) is 5.91 Å². The second kappa shape index (κ2) is 8.41. The molecule has 130 valence electrons. The minimum Gasteiger partial charge on any atom is -0.497 e. The van der Waals surface area contributed by atoms with Crippen LogP contribution in [0.4, 0.5) is 0 Å². The molecule has 0 spiro atoms. The summed E-state index contributed by atoms with van der Waals surface area (Å²) in [4.78, 5) is 13.1. The van der Waals surface area contributed by atoms with Crippen molar-refractivity contribution in [2.24, 2.45) is 5.10 Å². The van der Waals surface area contributed by atoms with Crippen LogP contribution in [0.25, 0.3) is 0 Å². The van der Waals surface area contributed by atoms with Crippen LogP contribution in [0.1, 0.15) is 24.0 Å². The number of fused-ring (bicyclic) bond motifs is 1. The number of amides is 1. The van der Waals surface area contributed by atoms with Crippen molar-refractivity contribution in [1.29, 1.82) is 0 Å². The monoisotopic (exact) mass is 374 g/mol. The van der Waals surface area contributed by atoms with Gasteiger partial charge in [-0.1, -0.05) is 11.6 Å². The van der Waals surface area contributed by atoms with Gasteiger partial charge < -0.3 is 4.74 Å². The third-order valence-corrected chi connectivity index (χ3v) is 5.25. The molecule has 4 nitrogen and oxygen atoms in total. The van der Waals surface area contributed by atoms with Gasteiger partial charge in [-0.2, -0.15) is 5.10 Å². The molecule has 0 radical (unpaired) electrons. The van der Waals surface area contributed by atoms with Crippen LogP contribution in [0.15, 0.2) is 52.5 Å². The number of thioether (sulfide) groups is 1. The molecule has 1 aliphatic carbocycles. The molecule has 0 bridgehead atoms. The standard InChI is InChI=1S/C19H19ClN2O2S/c1-24-15-7-10-17-13(11-15)3-2-4-18(17)21-22-19(23)12-25-16-8-5-14(20)6-9-16/h5-11H,2-4,12H2,1H3,(H,22,23). The molecule has 0 fully saturated rings. The molecular weight excluding hydrogens is 356 g/mol. The van der Waals surface area contributed by atoms with E-state index in [0.29, 0.717) is 10.8 Å².